The van der Waals surface area contributed by atoms with E-state index in [9.17, 15) is 13.6 Å². The van der Waals surface area contributed by atoms with E-state index in [1.807, 2.05) is 18.2 Å². The number of amides is 1. The van der Waals surface area contributed by atoms with Crippen molar-refractivity contribution in [3.8, 4) is 0 Å². The predicted molar refractivity (Wildman–Crippen MR) is 113 cm³/mol. The Morgan fingerprint density at radius 3 is 2.71 bits per heavy atom. The number of benzene rings is 2. The van der Waals surface area contributed by atoms with Crippen molar-refractivity contribution in [1.82, 2.24) is 19.6 Å². The highest BCUT2D eigenvalue weighted by Gasteiger charge is 2.30. The zero-order valence-electron chi connectivity index (χ0n) is 16.7. The van der Waals surface area contributed by atoms with E-state index in [-0.39, 0.29) is 24.1 Å². The molecule has 0 unspecified atom stereocenters. The first-order valence-electron chi connectivity index (χ1n) is 10.2. The molecule has 0 saturated heterocycles. The van der Waals surface area contributed by atoms with Crippen LogP contribution in [0.3, 0.4) is 0 Å². The van der Waals surface area contributed by atoms with Gasteiger partial charge in [0.05, 0.1) is 6.54 Å². The van der Waals surface area contributed by atoms with Gasteiger partial charge in [0.25, 0.3) is 6.43 Å². The van der Waals surface area contributed by atoms with Gasteiger partial charge in [-0.2, -0.15) is 10.2 Å². The molecule has 0 bridgehead atoms. The molecule has 2 aromatic carbocycles. The highest BCUT2D eigenvalue weighted by Crippen LogP contribution is 2.41. The van der Waals surface area contributed by atoms with Crippen molar-refractivity contribution in [2.45, 2.75) is 38.3 Å². The number of hydrogen-bond donors (Lipinski definition) is 1. The van der Waals surface area contributed by atoms with Gasteiger partial charge >= 0.3 is 0 Å². The van der Waals surface area contributed by atoms with Crippen molar-refractivity contribution >= 4 is 22.5 Å². The van der Waals surface area contributed by atoms with Crippen LogP contribution in [0.4, 0.5) is 14.6 Å². The molecule has 158 valence electrons. The van der Waals surface area contributed by atoms with Crippen LogP contribution < -0.4 is 5.32 Å². The van der Waals surface area contributed by atoms with E-state index in [1.165, 1.54) is 10.7 Å². The molecule has 2 heterocycles. The second kappa shape index (κ2) is 7.94. The number of carbonyl (C=O) groups excluding carboxylic acids is 1. The van der Waals surface area contributed by atoms with Crippen LogP contribution in [0.2, 0.25) is 0 Å². The Hall–Kier alpha value is -3.55. The molecule has 1 saturated carbocycles. The van der Waals surface area contributed by atoms with Gasteiger partial charge < -0.3 is 5.32 Å². The van der Waals surface area contributed by atoms with E-state index in [4.69, 9.17) is 0 Å². The molecule has 4 aromatic rings. The molecular formula is C23H21F2N5O. The number of aromatic nitrogens is 4. The molecule has 1 fully saturated rings. The molecule has 2 aromatic heterocycles. The van der Waals surface area contributed by atoms with Gasteiger partial charge in [0.2, 0.25) is 5.91 Å². The van der Waals surface area contributed by atoms with Crippen LogP contribution in [0.5, 0.6) is 0 Å². The SMILES string of the molecule is O=C(Cn1nc(C(F)F)cc1C1CC1)Nc1ccn(Cc2cccc3ccccc23)n1. The summed E-state index contributed by atoms with van der Waals surface area (Å²) < 4.78 is 29.2. The number of rotatable bonds is 7. The lowest BCUT2D eigenvalue weighted by atomic mass is 10.0. The summed E-state index contributed by atoms with van der Waals surface area (Å²) in [5.41, 5.74) is 1.55. The van der Waals surface area contributed by atoms with Crippen molar-refractivity contribution in [2.24, 2.45) is 0 Å². The van der Waals surface area contributed by atoms with Crippen LogP contribution in [0.15, 0.2) is 60.8 Å². The molecule has 1 N–H and O–H groups in total. The van der Waals surface area contributed by atoms with Crippen LogP contribution in [0.1, 0.15) is 42.1 Å². The summed E-state index contributed by atoms with van der Waals surface area (Å²) in [4.78, 5) is 12.5. The van der Waals surface area contributed by atoms with Gasteiger partial charge in [0, 0.05) is 23.9 Å². The van der Waals surface area contributed by atoms with Gasteiger partial charge in [-0.1, -0.05) is 42.5 Å². The Labute approximate surface area is 177 Å². The second-order valence-corrected chi connectivity index (χ2v) is 7.81. The van der Waals surface area contributed by atoms with E-state index in [0.717, 1.165) is 29.2 Å². The van der Waals surface area contributed by atoms with Gasteiger partial charge in [0.15, 0.2) is 5.82 Å². The molecule has 0 aliphatic heterocycles. The van der Waals surface area contributed by atoms with Crippen molar-refractivity contribution in [1.29, 1.82) is 0 Å². The zero-order valence-corrected chi connectivity index (χ0v) is 16.7. The molecule has 5 rings (SSSR count). The third-order valence-corrected chi connectivity index (χ3v) is 5.46. The van der Waals surface area contributed by atoms with E-state index in [1.54, 1.807) is 16.9 Å². The summed E-state index contributed by atoms with van der Waals surface area (Å²) in [6.45, 7) is 0.453. The summed E-state index contributed by atoms with van der Waals surface area (Å²) in [7, 11) is 0. The summed E-state index contributed by atoms with van der Waals surface area (Å²) in [6.07, 6.45) is 1.03. The summed E-state index contributed by atoms with van der Waals surface area (Å²) in [5.74, 6) is 0.286. The lowest BCUT2D eigenvalue weighted by Crippen LogP contribution is -2.21. The Bertz CT molecular complexity index is 1240. The standard InChI is InChI=1S/C23H21F2N5O/c24-23(25)19-12-20(16-8-9-16)30(27-19)14-22(31)26-21-10-11-29(28-21)13-17-6-3-5-15-4-1-2-7-18(15)17/h1-7,10-12,16,23H,8-9,13-14H2,(H,26,28,31). The predicted octanol–water partition coefficient (Wildman–Crippen LogP) is 4.73. The van der Waals surface area contributed by atoms with E-state index < -0.39 is 6.43 Å². The van der Waals surface area contributed by atoms with Crippen LogP contribution in [-0.4, -0.2) is 25.5 Å². The maximum Gasteiger partial charge on any atom is 0.282 e. The molecule has 1 amide bonds. The van der Waals surface area contributed by atoms with Crippen molar-refractivity contribution in [3.63, 3.8) is 0 Å². The third-order valence-electron chi connectivity index (χ3n) is 5.46. The number of halogens is 2. The Morgan fingerprint density at radius 2 is 1.90 bits per heavy atom. The fraction of sp³-hybridized carbons (Fsp3) is 0.261. The number of nitrogens with one attached hydrogen (secondary N) is 1. The molecule has 0 radical (unpaired) electrons. The van der Waals surface area contributed by atoms with Crippen LogP contribution in [-0.2, 0) is 17.9 Å². The quantitative estimate of drug-likeness (QED) is 0.469. The van der Waals surface area contributed by atoms with Crippen LogP contribution >= 0.6 is 0 Å². The largest absolute Gasteiger partial charge is 0.308 e. The van der Waals surface area contributed by atoms with Crippen LogP contribution in [0.25, 0.3) is 10.8 Å². The van der Waals surface area contributed by atoms with Crippen molar-refractivity contribution in [2.75, 3.05) is 5.32 Å². The maximum atomic E-state index is 13.0. The summed E-state index contributed by atoms with van der Waals surface area (Å²) in [5, 5.41) is 13.4. The maximum absolute atomic E-state index is 13.0. The van der Waals surface area contributed by atoms with Gasteiger partial charge in [-0.25, -0.2) is 8.78 Å². The summed E-state index contributed by atoms with van der Waals surface area (Å²) in [6, 6.07) is 17.4. The first-order valence-corrected chi connectivity index (χ1v) is 10.2. The number of anilines is 1. The summed E-state index contributed by atoms with van der Waals surface area (Å²) >= 11 is 0. The number of fused-ring (bicyclic) bond motifs is 1. The Balaban J connectivity index is 1.27. The fourth-order valence-corrected chi connectivity index (χ4v) is 3.83. The first-order chi connectivity index (χ1) is 15.1. The molecule has 0 spiro atoms. The fourth-order valence-electron chi connectivity index (χ4n) is 3.83. The highest BCUT2D eigenvalue weighted by atomic mass is 19.3. The number of carbonyl (C=O) groups is 1. The lowest BCUT2D eigenvalue weighted by Gasteiger charge is -2.08. The van der Waals surface area contributed by atoms with Crippen LogP contribution in [0, 0.1) is 0 Å². The normalized spacial score (nSPS) is 13.8. The minimum Gasteiger partial charge on any atom is -0.308 e. The molecule has 8 heteroatoms. The topological polar surface area (TPSA) is 64.7 Å². The smallest absolute Gasteiger partial charge is 0.282 e. The first kappa shape index (κ1) is 19.4. The van der Waals surface area contributed by atoms with Gasteiger partial charge in [-0.15, -0.1) is 0 Å². The van der Waals surface area contributed by atoms with Gasteiger partial charge in [-0.3, -0.25) is 14.2 Å². The lowest BCUT2D eigenvalue weighted by molar-refractivity contribution is -0.117. The second-order valence-electron chi connectivity index (χ2n) is 7.81. The van der Waals surface area contributed by atoms with Gasteiger partial charge in [0.1, 0.15) is 12.2 Å². The molecular weight excluding hydrogens is 400 g/mol. The zero-order chi connectivity index (χ0) is 21.4. The third kappa shape index (κ3) is 4.19. The monoisotopic (exact) mass is 421 g/mol. The van der Waals surface area contributed by atoms with Crippen molar-refractivity contribution in [3.05, 3.63) is 77.7 Å². The minimum absolute atomic E-state index is 0.116. The van der Waals surface area contributed by atoms with Crippen molar-refractivity contribution < 1.29 is 13.6 Å². The number of alkyl halides is 2. The average Bonchev–Trinajstić information content (AvgIpc) is 3.37. The molecule has 1 aliphatic carbocycles. The number of nitrogens with zero attached hydrogens (tertiary/aromatic N) is 4. The molecule has 1 aliphatic rings. The van der Waals surface area contributed by atoms with E-state index in [0.29, 0.717) is 18.1 Å². The van der Waals surface area contributed by atoms with E-state index >= 15 is 0 Å². The Kier molecular flexibility index (Phi) is 4.97. The van der Waals surface area contributed by atoms with E-state index in [2.05, 4.69) is 39.8 Å². The van der Waals surface area contributed by atoms with Gasteiger partial charge in [-0.05, 0) is 35.2 Å². The molecule has 31 heavy (non-hydrogen) atoms. The Morgan fingerprint density at radius 1 is 1.10 bits per heavy atom. The number of hydrogen-bond acceptors (Lipinski definition) is 3. The molecule has 0 atom stereocenters. The highest BCUT2D eigenvalue weighted by molar-refractivity contribution is 5.89. The minimum atomic E-state index is -2.65. The molecule has 6 nitrogen and oxygen atoms in total. The average molecular weight is 421 g/mol.